The van der Waals surface area contributed by atoms with Crippen molar-refractivity contribution in [3.8, 4) is 0 Å². The van der Waals surface area contributed by atoms with Crippen LogP contribution in [0.1, 0.15) is 22.5 Å². The predicted molar refractivity (Wildman–Crippen MR) is 124 cm³/mol. The van der Waals surface area contributed by atoms with E-state index in [0.717, 1.165) is 34.0 Å². The average molecular weight is 475 g/mol. The van der Waals surface area contributed by atoms with Crippen molar-refractivity contribution >= 4 is 35.1 Å². The number of fused-ring (bicyclic) bond motifs is 1. The summed E-state index contributed by atoms with van der Waals surface area (Å²) in [7, 11) is 1.91. The maximum absolute atomic E-state index is 13.2. The molecule has 0 radical (unpaired) electrons. The highest BCUT2D eigenvalue weighted by atomic mass is 35.5. The Morgan fingerprint density at radius 1 is 1.28 bits per heavy atom. The molecule has 32 heavy (non-hydrogen) atoms. The van der Waals surface area contributed by atoms with Crippen LogP contribution in [0.4, 0.5) is 14.9 Å². The Bertz CT molecular complexity index is 1140. The summed E-state index contributed by atoms with van der Waals surface area (Å²) in [6.07, 6.45) is 2.73. The number of nitrogens with one attached hydrogen (secondary N) is 1. The van der Waals surface area contributed by atoms with E-state index in [-0.39, 0.29) is 25.1 Å². The van der Waals surface area contributed by atoms with Gasteiger partial charge in [0.15, 0.2) is 0 Å². The lowest BCUT2D eigenvalue weighted by Gasteiger charge is -2.28. The third-order valence-electron chi connectivity index (χ3n) is 5.45. The minimum absolute atomic E-state index is 0.136. The van der Waals surface area contributed by atoms with Gasteiger partial charge in [-0.2, -0.15) is 5.10 Å². The molecular formula is C23H24ClFN4O2S. The molecule has 0 spiro atoms. The number of amides is 2. The van der Waals surface area contributed by atoms with Crippen LogP contribution < -0.4 is 5.32 Å². The molecule has 0 fully saturated rings. The zero-order valence-corrected chi connectivity index (χ0v) is 19.5. The zero-order valence-electron chi connectivity index (χ0n) is 17.9. The minimum atomic E-state index is -0.379. The molecule has 1 aliphatic heterocycles. The van der Waals surface area contributed by atoms with Crippen molar-refractivity contribution in [3.63, 3.8) is 0 Å². The third-order valence-corrected chi connectivity index (χ3v) is 6.52. The first-order valence-electron chi connectivity index (χ1n) is 10.2. The van der Waals surface area contributed by atoms with E-state index in [9.17, 15) is 9.18 Å². The Morgan fingerprint density at radius 3 is 2.91 bits per heavy atom. The summed E-state index contributed by atoms with van der Waals surface area (Å²) < 4.78 is 20.9. The Labute approximate surface area is 195 Å². The number of halogens is 2. The standard InChI is InChI=1S/C23H24ClFN4O2S/c1-28-22-8-9-29(23(30)26-17-4-3-5-18(11-17)32-2)12-19(22)21(27-28)14-31-13-15-6-7-16(25)10-20(15)24/h3-7,10-11H,8-9,12-14H2,1-2H3,(H,26,30). The van der Waals surface area contributed by atoms with E-state index in [1.165, 1.54) is 12.1 Å². The smallest absolute Gasteiger partial charge is 0.322 e. The first-order valence-corrected chi connectivity index (χ1v) is 11.8. The molecule has 0 saturated carbocycles. The molecule has 1 aromatic heterocycles. The average Bonchev–Trinajstić information content (AvgIpc) is 3.10. The van der Waals surface area contributed by atoms with Gasteiger partial charge in [-0.3, -0.25) is 4.68 Å². The van der Waals surface area contributed by atoms with Crippen molar-refractivity contribution < 1.29 is 13.9 Å². The lowest BCUT2D eigenvalue weighted by molar-refractivity contribution is 0.103. The van der Waals surface area contributed by atoms with E-state index >= 15 is 0 Å². The fraction of sp³-hybridized carbons (Fsp3) is 0.304. The second-order valence-electron chi connectivity index (χ2n) is 7.56. The summed E-state index contributed by atoms with van der Waals surface area (Å²) in [5.74, 6) is -0.379. The molecule has 2 amide bonds. The summed E-state index contributed by atoms with van der Waals surface area (Å²) in [5, 5.41) is 7.92. The van der Waals surface area contributed by atoms with Crippen LogP contribution in [0.5, 0.6) is 0 Å². The number of carbonyl (C=O) groups excluding carboxylic acids is 1. The van der Waals surface area contributed by atoms with Crippen LogP contribution in [-0.2, 0) is 38.0 Å². The number of thioether (sulfide) groups is 1. The number of hydrogen-bond acceptors (Lipinski definition) is 4. The highest BCUT2D eigenvalue weighted by Crippen LogP contribution is 2.25. The number of rotatable bonds is 6. The Hall–Kier alpha value is -2.55. The van der Waals surface area contributed by atoms with E-state index < -0.39 is 0 Å². The second-order valence-corrected chi connectivity index (χ2v) is 8.84. The van der Waals surface area contributed by atoms with Gasteiger partial charge >= 0.3 is 6.03 Å². The van der Waals surface area contributed by atoms with Crippen LogP contribution in [0.25, 0.3) is 0 Å². The Balaban J connectivity index is 1.41. The van der Waals surface area contributed by atoms with Crippen LogP contribution in [-0.4, -0.2) is 33.5 Å². The van der Waals surface area contributed by atoms with Gasteiger partial charge < -0.3 is 15.0 Å². The van der Waals surface area contributed by atoms with Gasteiger partial charge in [0.25, 0.3) is 0 Å². The van der Waals surface area contributed by atoms with Crippen molar-refractivity contribution in [2.45, 2.75) is 31.1 Å². The first kappa shape index (κ1) is 22.6. The van der Waals surface area contributed by atoms with Gasteiger partial charge in [-0.1, -0.05) is 23.7 Å². The van der Waals surface area contributed by atoms with Crippen molar-refractivity contribution in [1.82, 2.24) is 14.7 Å². The molecule has 1 aliphatic rings. The highest BCUT2D eigenvalue weighted by Gasteiger charge is 2.26. The fourth-order valence-electron chi connectivity index (χ4n) is 3.76. The summed E-state index contributed by atoms with van der Waals surface area (Å²) in [6, 6.07) is 11.9. The molecule has 3 aromatic rings. The molecule has 0 unspecified atom stereocenters. The van der Waals surface area contributed by atoms with Gasteiger partial charge in [0, 0.05) is 46.9 Å². The van der Waals surface area contributed by atoms with Crippen molar-refractivity contribution in [2.75, 3.05) is 18.1 Å². The molecule has 0 saturated heterocycles. The lowest BCUT2D eigenvalue weighted by atomic mass is 10.1. The molecule has 0 aliphatic carbocycles. The number of benzene rings is 2. The Morgan fingerprint density at radius 2 is 2.12 bits per heavy atom. The summed E-state index contributed by atoms with van der Waals surface area (Å²) in [6.45, 7) is 1.61. The highest BCUT2D eigenvalue weighted by molar-refractivity contribution is 7.98. The zero-order chi connectivity index (χ0) is 22.7. The van der Waals surface area contributed by atoms with Crippen molar-refractivity contribution in [2.24, 2.45) is 7.05 Å². The van der Waals surface area contributed by atoms with E-state index in [1.54, 1.807) is 22.7 Å². The minimum Gasteiger partial charge on any atom is -0.370 e. The van der Waals surface area contributed by atoms with Crippen LogP contribution >= 0.6 is 23.4 Å². The molecule has 2 heterocycles. The summed E-state index contributed by atoms with van der Waals surface area (Å²) in [4.78, 5) is 15.7. The molecule has 168 valence electrons. The predicted octanol–water partition coefficient (Wildman–Crippen LogP) is 5.24. The van der Waals surface area contributed by atoms with Gasteiger partial charge in [-0.25, -0.2) is 9.18 Å². The van der Waals surface area contributed by atoms with Crippen LogP contribution in [0, 0.1) is 5.82 Å². The topological polar surface area (TPSA) is 59.4 Å². The largest absolute Gasteiger partial charge is 0.370 e. The lowest BCUT2D eigenvalue weighted by Crippen LogP contribution is -2.39. The molecule has 9 heteroatoms. The monoisotopic (exact) mass is 474 g/mol. The van der Waals surface area contributed by atoms with E-state index in [1.807, 2.05) is 42.3 Å². The summed E-state index contributed by atoms with van der Waals surface area (Å²) in [5.41, 5.74) is 4.40. The van der Waals surface area contributed by atoms with Crippen LogP contribution in [0.3, 0.4) is 0 Å². The summed E-state index contributed by atoms with van der Waals surface area (Å²) >= 11 is 7.71. The van der Waals surface area contributed by atoms with E-state index in [4.69, 9.17) is 16.3 Å². The number of nitrogens with zero attached hydrogens (tertiary/aromatic N) is 3. The number of carbonyl (C=O) groups is 1. The molecule has 2 aromatic carbocycles. The quantitative estimate of drug-likeness (QED) is 0.496. The number of aromatic nitrogens is 2. The fourth-order valence-corrected chi connectivity index (χ4v) is 4.44. The number of anilines is 1. The maximum atomic E-state index is 13.2. The number of ether oxygens (including phenoxy) is 1. The van der Waals surface area contributed by atoms with Crippen molar-refractivity contribution in [3.05, 3.63) is 75.8 Å². The molecule has 0 bridgehead atoms. The normalized spacial score (nSPS) is 13.2. The second kappa shape index (κ2) is 9.94. The Kier molecular flexibility index (Phi) is 7.03. The van der Waals surface area contributed by atoms with Gasteiger partial charge in [0.1, 0.15) is 5.82 Å². The molecular weight excluding hydrogens is 451 g/mol. The molecule has 4 rings (SSSR count). The van der Waals surface area contributed by atoms with E-state index in [0.29, 0.717) is 23.7 Å². The van der Waals surface area contributed by atoms with Gasteiger partial charge in [-0.05, 0) is 42.2 Å². The maximum Gasteiger partial charge on any atom is 0.322 e. The first-order chi connectivity index (χ1) is 15.4. The van der Waals surface area contributed by atoms with Gasteiger partial charge in [0.2, 0.25) is 0 Å². The SMILES string of the molecule is CSc1cccc(NC(=O)N2CCc3c(c(COCc4ccc(F)cc4Cl)nn3C)C2)c1. The molecule has 1 N–H and O–H groups in total. The molecule has 0 atom stereocenters. The van der Waals surface area contributed by atoms with E-state index in [2.05, 4.69) is 10.4 Å². The number of aryl methyl sites for hydroxylation is 1. The number of hydrogen-bond donors (Lipinski definition) is 1. The van der Waals surface area contributed by atoms with Crippen LogP contribution in [0.15, 0.2) is 47.4 Å². The van der Waals surface area contributed by atoms with Gasteiger partial charge in [-0.15, -0.1) is 11.8 Å². The number of urea groups is 1. The van der Waals surface area contributed by atoms with Gasteiger partial charge in [0.05, 0.1) is 25.5 Å². The van der Waals surface area contributed by atoms with Crippen LogP contribution in [0.2, 0.25) is 5.02 Å². The third kappa shape index (κ3) is 5.09. The van der Waals surface area contributed by atoms with Crippen molar-refractivity contribution in [1.29, 1.82) is 0 Å². The molecule has 6 nitrogen and oxygen atoms in total.